The van der Waals surface area contributed by atoms with Crippen molar-refractivity contribution in [2.45, 2.75) is 13.8 Å². The third-order valence-electron chi connectivity index (χ3n) is 2.68. The lowest BCUT2D eigenvalue weighted by Crippen LogP contribution is -2.04. The van der Waals surface area contributed by atoms with Gasteiger partial charge in [-0.05, 0) is 38.1 Å². The predicted molar refractivity (Wildman–Crippen MR) is 70.8 cm³/mol. The Morgan fingerprint density at radius 3 is 2.33 bits per heavy atom. The van der Waals surface area contributed by atoms with E-state index < -0.39 is 5.82 Å². The van der Waals surface area contributed by atoms with E-state index >= 15 is 0 Å². The van der Waals surface area contributed by atoms with Crippen LogP contribution in [0.1, 0.15) is 27.0 Å². The highest BCUT2D eigenvalue weighted by molar-refractivity contribution is 6.35. The second kappa shape index (κ2) is 4.91. The van der Waals surface area contributed by atoms with E-state index in [9.17, 15) is 9.18 Å². The lowest BCUT2D eigenvalue weighted by molar-refractivity contribution is 0.103. The van der Waals surface area contributed by atoms with Crippen molar-refractivity contribution < 1.29 is 9.18 Å². The molecule has 2 aromatic rings. The third kappa shape index (κ3) is 2.44. The number of benzene rings is 2. The van der Waals surface area contributed by atoms with Crippen LogP contribution in [0.15, 0.2) is 36.4 Å². The molecule has 0 amide bonds. The first-order valence-corrected chi connectivity index (χ1v) is 5.94. The molecule has 0 atom stereocenters. The first-order valence-electron chi connectivity index (χ1n) is 5.56. The highest BCUT2D eigenvalue weighted by atomic mass is 35.5. The van der Waals surface area contributed by atoms with Crippen molar-refractivity contribution in [1.82, 2.24) is 0 Å². The Morgan fingerprint density at radius 1 is 1.11 bits per heavy atom. The lowest BCUT2D eigenvalue weighted by atomic mass is 9.99. The summed E-state index contributed by atoms with van der Waals surface area (Å²) in [6.45, 7) is 3.83. The summed E-state index contributed by atoms with van der Waals surface area (Å²) in [7, 11) is 0. The van der Waals surface area contributed by atoms with E-state index in [1.54, 1.807) is 12.1 Å². The number of hydrogen-bond donors (Lipinski definition) is 0. The van der Waals surface area contributed by atoms with Crippen molar-refractivity contribution in [3.63, 3.8) is 0 Å². The quantitative estimate of drug-likeness (QED) is 0.737. The van der Waals surface area contributed by atoms with Crippen LogP contribution in [-0.4, -0.2) is 5.78 Å². The summed E-state index contributed by atoms with van der Waals surface area (Å²) in [6.07, 6.45) is 0. The van der Waals surface area contributed by atoms with E-state index in [0.717, 1.165) is 11.1 Å². The molecule has 0 aliphatic heterocycles. The molecule has 2 rings (SSSR count). The molecule has 0 radical (unpaired) electrons. The molecule has 0 saturated heterocycles. The van der Waals surface area contributed by atoms with E-state index in [-0.39, 0.29) is 16.4 Å². The Morgan fingerprint density at radius 2 is 1.72 bits per heavy atom. The van der Waals surface area contributed by atoms with Crippen LogP contribution in [0.3, 0.4) is 0 Å². The van der Waals surface area contributed by atoms with Gasteiger partial charge in [0.2, 0.25) is 0 Å². The van der Waals surface area contributed by atoms with Gasteiger partial charge < -0.3 is 0 Å². The van der Waals surface area contributed by atoms with Crippen molar-refractivity contribution in [1.29, 1.82) is 0 Å². The van der Waals surface area contributed by atoms with E-state index in [1.807, 2.05) is 19.9 Å². The van der Waals surface area contributed by atoms with Crippen molar-refractivity contribution in [2.75, 3.05) is 0 Å². The topological polar surface area (TPSA) is 17.1 Å². The van der Waals surface area contributed by atoms with Gasteiger partial charge in [-0.3, -0.25) is 4.79 Å². The molecule has 0 fully saturated rings. The Bertz CT molecular complexity index is 600. The molecule has 0 aliphatic rings. The van der Waals surface area contributed by atoms with Gasteiger partial charge in [-0.25, -0.2) is 4.39 Å². The molecule has 0 N–H and O–H groups in total. The maximum Gasteiger partial charge on any atom is 0.194 e. The summed E-state index contributed by atoms with van der Waals surface area (Å²) in [5.41, 5.74) is 2.71. The maximum absolute atomic E-state index is 13.3. The first-order chi connectivity index (χ1) is 8.49. The van der Waals surface area contributed by atoms with Crippen molar-refractivity contribution in [3.05, 3.63) is 69.5 Å². The molecular formula is C15H12ClFO. The van der Waals surface area contributed by atoms with Crippen LogP contribution in [0.2, 0.25) is 5.02 Å². The Hall–Kier alpha value is -1.67. The molecule has 92 valence electrons. The highest BCUT2D eigenvalue weighted by Gasteiger charge is 2.15. The van der Waals surface area contributed by atoms with Gasteiger partial charge in [0.05, 0.1) is 5.02 Å². The summed E-state index contributed by atoms with van der Waals surface area (Å²) in [5, 5.41) is -0.123. The molecule has 0 spiro atoms. The van der Waals surface area contributed by atoms with E-state index in [1.165, 1.54) is 18.2 Å². The van der Waals surface area contributed by atoms with Gasteiger partial charge in [0.25, 0.3) is 0 Å². The fraction of sp³-hybridized carbons (Fsp3) is 0.133. The number of halogens is 2. The number of carbonyl (C=O) groups excluding carboxylic acids is 1. The average molecular weight is 263 g/mol. The van der Waals surface area contributed by atoms with Crippen LogP contribution in [0.5, 0.6) is 0 Å². The minimum absolute atomic E-state index is 0.123. The fourth-order valence-corrected chi connectivity index (χ4v) is 2.15. The van der Waals surface area contributed by atoms with Crippen molar-refractivity contribution in [3.8, 4) is 0 Å². The van der Waals surface area contributed by atoms with Gasteiger partial charge in [-0.15, -0.1) is 0 Å². The molecule has 1 nitrogen and oxygen atoms in total. The van der Waals surface area contributed by atoms with Crippen LogP contribution in [0, 0.1) is 19.7 Å². The third-order valence-corrected chi connectivity index (χ3v) is 3.06. The molecule has 0 aliphatic carbocycles. The maximum atomic E-state index is 13.3. The number of hydrogen-bond acceptors (Lipinski definition) is 1. The Labute approximate surface area is 110 Å². The second-order valence-corrected chi connectivity index (χ2v) is 4.68. The molecule has 0 heterocycles. The number of carbonyl (C=O) groups is 1. The summed E-state index contributed by atoms with van der Waals surface area (Å²) in [5.74, 6) is -0.835. The molecule has 2 aromatic carbocycles. The van der Waals surface area contributed by atoms with Gasteiger partial charge in [0.1, 0.15) is 5.82 Å². The molecule has 3 heteroatoms. The van der Waals surface area contributed by atoms with Gasteiger partial charge in [-0.1, -0.05) is 34.9 Å². The van der Waals surface area contributed by atoms with Crippen molar-refractivity contribution in [2.24, 2.45) is 0 Å². The zero-order valence-electron chi connectivity index (χ0n) is 10.1. The Balaban J connectivity index is 2.51. The molecule has 0 unspecified atom stereocenters. The van der Waals surface area contributed by atoms with Crippen LogP contribution in [0.4, 0.5) is 4.39 Å². The SMILES string of the molecule is Cc1cc(C)cc(C(=O)c2cccc(F)c2Cl)c1. The minimum atomic E-state index is -0.577. The molecular weight excluding hydrogens is 251 g/mol. The first kappa shape index (κ1) is 12.8. The highest BCUT2D eigenvalue weighted by Crippen LogP contribution is 2.23. The second-order valence-electron chi connectivity index (χ2n) is 4.31. The van der Waals surface area contributed by atoms with Crippen molar-refractivity contribution >= 4 is 17.4 Å². The van der Waals surface area contributed by atoms with E-state index in [0.29, 0.717) is 5.56 Å². The largest absolute Gasteiger partial charge is 0.289 e. The zero-order chi connectivity index (χ0) is 13.3. The minimum Gasteiger partial charge on any atom is -0.289 e. The van der Waals surface area contributed by atoms with Crippen LogP contribution < -0.4 is 0 Å². The monoisotopic (exact) mass is 262 g/mol. The summed E-state index contributed by atoms with van der Waals surface area (Å²) in [4.78, 5) is 12.3. The van der Waals surface area contributed by atoms with Crippen LogP contribution in [-0.2, 0) is 0 Å². The van der Waals surface area contributed by atoms with Gasteiger partial charge in [0, 0.05) is 11.1 Å². The number of ketones is 1. The summed E-state index contributed by atoms with van der Waals surface area (Å²) >= 11 is 5.82. The van der Waals surface area contributed by atoms with E-state index in [2.05, 4.69) is 0 Å². The Kier molecular flexibility index (Phi) is 3.48. The molecule has 18 heavy (non-hydrogen) atoms. The van der Waals surface area contributed by atoms with Gasteiger partial charge in [0.15, 0.2) is 5.78 Å². The van der Waals surface area contributed by atoms with E-state index in [4.69, 9.17) is 11.6 Å². The normalized spacial score (nSPS) is 10.4. The summed E-state index contributed by atoms with van der Waals surface area (Å²) in [6, 6.07) is 9.78. The van der Waals surface area contributed by atoms with Gasteiger partial charge in [-0.2, -0.15) is 0 Å². The van der Waals surface area contributed by atoms with Crippen LogP contribution >= 0.6 is 11.6 Å². The number of aryl methyl sites for hydroxylation is 2. The smallest absolute Gasteiger partial charge is 0.194 e. The molecule has 0 bridgehead atoms. The molecule has 0 saturated carbocycles. The predicted octanol–water partition coefficient (Wildman–Crippen LogP) is 4.33. The van der Waals surface area contributed by atoms with Crippen LogP contribution in [0.25, 0.3) is 0 Å². The zero-order valence-corrected chi connectivity index (χ0v) is 10.9. The number of rotatable bonds is 2. The molecule has 0 aromatic heterocycles. The summed E-state index contributed by atoms with van der Waals surface area (Å²) < 4.78 is 13.3. The lowest BCUT2D eigenvalue weighted by Gasteiger charge is -2.06. The fourth-order valence-electron chi connectivity index (χ4n) is 1.94. The standard InChI is InChI=1S/C15H12ClFO/c1-9-6-10(2)8-11(7-9)15(18)12-4-3-5-13(17)14(12)16/h3-8H,1-2H3. The van der Waals surface area contributed by atoms with Gasteiger partial charge >= 0.3 is 0 Å². The average Bonchev–Trinajstić information content (AvgIpc) is 2.30.